The molecule has 0 saturated carbocycles. The third-order valence-corrected chi connectivity index (χ3v) is 5.82. The molecule has 2 fully saturated rings. The summed E-state index contributed by atoms with van der Waals surface area (Å²) in [5.41, 5.74) is 3.12. The third-order valence-electron chi connectivity index (χ3n) is 5.82. The molecule has 2 saturated heterocycles. The largest absolute Gasteiger partial charge is 0.345 e. The Balaban J connectivity index is 1.58. The number of imidazole rings is 1. The van der Waals surface area contributed by atoms with E-state index >= 15 is 0 Å². The quantitative estimate of drug-likeness (QED) is 0.716. The lowest BCUT2D eigenvalue weighted by molar-refractivity contribution is -0.143. The van der Waals surface area contributed by atoms with E-state index < -0.39 is 6.04 Å². The van der Waals surface area contributed by atoms with Crippen molar-refractivity contribution in [2.75, 3.05) is 13.1 Å². The second kappa shape index (κ2) is 6.79. The van der Waals surface area contributed by atoms with Gasteiger partial charge in [0.2, 0.25) is 11.8 Å². The Morgan fingerprint density at radius 2 is 2.03 bits per heavy atom. The lowest BCUT2D eigenvalue weighted by atomic mass is 10.1. The highest BCUT2D eigenvalue weighted by Gasteiger charge is 2.43. The molecule has 4 heterocycles. The lowest BCUT2D eigenvalue weighted by Gasteiger charge is -2.28. The molecule has 0 aliphatic carbocycles. The molecule has 154 valence electrons. The summed E-state index contributed by atoms with van der Waals surface area (Å²) in [6.07, 6.45) is 3.96. The van der Waals surface area contributed by atoms with E-state index in [0.29, 0.717) is 24.4 Å². The van der Waals surface area contributed by atoms with Crippen molar-refractivity contribution in [2.45, 2.75) is 32.4 Å². The van der Waals surface area contributed by atoms with Crippen molar-refractivity contribution in [3.05, 3.63) is 53.9 Å². The number of halogens is 1. The van der Waals surface area contributed by atoms with Crippen molar-refractivity contribution < 1.29 is 14.0 Å². The van der Waals surface area contributed by atoms with Crippen molar-refractivity contribution in [3.63, 3.8) is 0 Å². The van der Waals surface area contributed by atoms with Crippen molar-refractivity contribution >= 4 is 11.8 Å². The highest BCUT2D eigenvalue weighted by atomic mass is 19.1. The molecule has 5 rings (SSSR count). The zero-order valence-electron chi connectivity index (χ0n) is 16.7. The number of fused-ring (bicyclic) bond motifs is 1. The normalized spacial score (nSPS) is 21.1. The van der Waals surface area contributed by atoms with Gasteiger partial charge < -0.3 is 14.8 Å². The van der Waals surface area contributed by atoms with Gasteiger partial charge in [0.25, 0.3) is 0 Å². The fourth-order valence-electron chi connectivity index (χ4n) is 4.48. The number of benzene rings is 1. The highest BCUT2D eigenvalue weighted by molar-refractivity contribution is 5.95. The Kier molecular flexibility index (Phi) is 4.19. The van der Waals surface area contributed by atoms with Gasteiger partial charge in [-0.25, -0.2) is 14.1 Å². The van der Waals surface area contributed by atoms with E-state index in [1.807, 2.05) is 30.7 Å². The second-order valence-corrected chi connectivity index (χ2v) is 7.83. The van der Waals surface area contributed by atoms with Crippen LogP contribution >= 0.6 is 0 Å². The zero-order valence-corrected chi connectivity index (χ0v) is 16.7. The first-order valence-electron chi connectivity index (χ1n) is 9.86. The summed E-state index contributed by atoms with van der Waals surface area (Å²) >= 11 is 0. The van der Waals surface area contributed by atoms with Crippen LogP contribution in [0.25, 0.3) is 17.1 Å². The van der Waals surface area contributed by atoms with Gasteiger partial charge >= 0.3 is 0 Å². The van der Waals surface area contributed by atoms with Gasteiger partial charge in [-0.3, -0.25) is 9.59 Å². The molecule has 1 N–H and O–H groups in total. The van der Waals surface area contributed by atoms with Gasteiger partial charge in [0.1, 0.15) is 17.7 Å². The van der Waals surface area contributed by atoms with E-state index in [-0.39, 0.29) is 30.2 Å². The average Bonchev–Trinajstić information content (AvgIpc) is 3.43. The van der Waals surface area contributed by atoms with Crippen LogP contribution in [0, 0.1) is 19.7 Å². The fraction of sp³-hybridized carbons (Fsp3) is 0.333. The number of piperazine rings is 1. The minimum Gasteiger partial charge on any atom is -0.345 e. The van der Waals surface area contributed by atoms with Crippen LogP contribution in [0.3, 0.4) is 0 Å². The number of nitrogens with zero attached hydrogens (tertiary/aromatic N) is 5. The molecule has 0 bridgehead atoms. The smallest absolute Gasteiger partial charge is 0.243 e. The molecule has 2 amide bonds. The van der Waals surface area contributed by atoms with Gasteiger partial charge in [-0.2, -0.15) is 5.10 Å². The summed E-state index contributed by atoms with van der Waals surface area (Å²) in [4.78, 5) is 30.6. The van der Waals surface area contributed by atoms with E-state index in [0.717, 1.165) is 17.1 Å². The molecule has 1 aromatic carbocycles. The van der Waals surface area contributed by atoms with Crippen LogP contribution in [0.1, 0.15) is 23.9 Å². The first-order chi connectivity index (χ1) is 14.4. The van der Waals surface area contributed by atoms with E-state index in [4.69, 9.17) is 0 Å². The maximum Gasteiger partial charge on any atom is 0.243 e. The van der Waals surface area contributed by atoms with Crippen molar-refractivity contribution in [1.29, 1.82) is 0 Å². The van der Waals surface area contributed by atoms with Gasteiger partial charge in [-0.1, -0.05) is 0 Å². The standard InChI is InChI=1S/C21H21FN6O2/c1-12-7-13(2)28(25-12)17-4-3-14(22)8-16(17)20-23-5-6-26(20)15-9-18-21(30)24-10-19(29)27(18)11-15/h3-8,15,18H,9-11H2,1-2H3,(H,24,30)/t15-,18-/m0/s1. The van der Waals surface area contributed by atoms with Crippen LogP contribution in [-0.2, 0) is 9.59 Å². The van der Waals surface area contributed by atoms with Crippen molar-refractivity contribution in [2.24, 2.45) is 0 Å². The van der Waals surface area contributed by atoms with E-state index in [1.165, 1.54) is 12.1 Å². The molecule has 0 radical (unpaired) electrons. The minimum absolute atomic E-state index is 0.0326. The van der Waals surface area contributed by atoms with E-state index in [9.17, 15) is 14.0 Å². The summed E-state index contributed by atoms with van der Waals surface area (Å²) in [5.74, 6) is -0.0105. The topological polar surface area (TPSA) is 85.0 Å². The number of hydrogen-bond donors (Lipinski definition) is 1. The lowest BCUT2D eigenvalue weighted by Crippen LogP contribution is -2.55. The summed E-state index contributed by atoms with van der Waals surface area (Å²) in [6, 6.07) is 5.90. The highest BCUT2D eigenvalue weighted by Crippen LogP contribution is 2.34. The Bertz CT molecular complexity index is 1140. The van der Waals surface area contributed by atoms with E-state index in [2.05, 4.69) is 15.4 Å². The van der Waals surface area contributed by atoms with Crippen LogP contribution in [-0.4, -0.2) is 55.2 Å². The number of hydrogen-bond acceptors (Lipinski definition) is 4. The van der Waals surface area contributed by atoms with Crippen LogP contribution in [0.2, 0.25) is 0 Å². The number of nitrogens with one attached hydrogen (secondary N) is 1. The molecule has 30 heavy (non-hydrogen) atoms. The molecule has 0 unspecified atom stereocenters. The monoisotopic (exact) mass is 408 g/mol. The SMILES string of the molecule is Cc1cc(C)n(-c2ccc(F)cc2-c2nccn2[C@H]2C[C@H]3C(=O)NCC(=O)N3C2)n1. The Hall–Kier alpha value is -3.49. The van der Waals surface area contributed by atoms with Crippen LogP contribution in [0.4, 0.5) is 4.39 Å². The molecule has 2 aliphatic heterocycles. The molecule has 9 heteroatoms. The fourth-order valence-corrected chi connectivity index (χ4v) is 4.48. The molecule has 2 aliphatic rings. The molecule has 3 aromatic rings. The van der Waals surface area contributed by atoms with Gasteiger partial charge in [-0.05, 0) is 44.5 Å². The zero-order chi connectivity index (χ0) is 21.0. The minimum atomic E-state index is -0.477. The predicted molar refractivity (Wildman–Crippen MR) is 106 cm³/mol. The number of amides is 2. The number of carbonyl (C=O) groups is 2. The Morgan fingerprint density at radius 3 is 2.77 bits per heavy atom. The molecule has 2 atom stereocenters. The van der Waals surface area contributed by atoms with E-state index in [1.54, 1.807) is 21.8 Å². The molecule has 2 aromatic heterocycles. The Labute approximate surface area is 172 Å². The van der Waals surface area contributed by atoms with Gasteiger partial charge in [0, 0.05) is 30.2 Å². The van der Waals surface area contributed by atoms with Gasteiger partial charge in [0.05, 0.1) is 24.0 Å². The number of aromatic nitrogens is 4. The maximum atomic E-state index is 14.2. The third kappa shape index (κ3) is 2.89. The van der Waals surface area contributed by atoms with Crippen LogP contribution in [0.5, 0.6) is 0 Å². The van der Waals surface area contributed by atoms with Crippen molar-refractivity contribution in [3.8, 4) is 17.1 Å². The predicted octanol–water partition coefficient (Wildman–Crippen LogP) is 1.76. The Morgan fingerprint density at radius 1 is 1.20 bits per heavy atom. The molecular weight excluding hydrogens is 387 g/mol. The number of carbonyl (C=O) groups excluding carboxylic acids is 2. The van der Waals surface area contributed by atoms with Gasteiger partial charge in [0.15, 0.2) is 0 Å². The second-order valence-electron chi connectivity index (χ2n) is 7.83. The van der Waals surface area contributed by atoms with Crippen LogP contribution in [0.15, 0.2) is 36.7 Å². The first kappa shape index (κ1) is 18.5. The average molecular weight is 408 g/mol. The summed E-state index contributed by atoms with van der Waals surface area (Å²) in [6.45, 7) is 4.30. The summed E-state index contributed by atoms with van der Waals surface area (Å²) < 4.78 is 18.0. The van der Waals surface area contributed by atoms with Crippen LogP contribution < -0.4 is 5.32 Å². The van der Waals surface area contributed by atoms with Crippen molar-refractivity contribution in [1.82, 2.24) is 29.5 Å². The maximum absolute atomic E-state index is 14.2. The molecular formula is C21H21FN6O2. The number of rotatable bonds is 3. The summed E-state index contributed by atoms with van der Waals surface area (Å²) in [5, 5.41) is 7.18. The number of aryl methyl sites for hydroxylation is 2. The first-order valence-corrected chi connectivity index (χ1v) is 9.86. The molecule has 8 nitrogen and oxygen atoms in total. The summed E-state index contributed by atoms with van der Waals surface area (Å²) in [7, 11) is 0. The molecule has 0 spiro atoms. The van der Waals surface area contributed by atoms with Gasteiger partial charge in [-0.15, -0.1) is 0 Å².